The lowest BCUT2D eigenvalue weighted by Gasteiger charge is -2.15. The quantitative estimate of drug-likeness (QED) is 0.845. The second kappa shape index (κ2) is 4.87. The highest BCUT2D eigenvalue weighted by atomic mass is 19.4. The van der Waals surface area contributed by atoms with Crippen molar-refractivity contribution in [3.05, 3.63) is 47.3 Å². The number of hydrogen-bond acceptors (Lipinski definition) is 3. The molecule has 0 amide bonds. The lowest BCUT2D eigenvalue weighted by atomic mass is 9.94. The van der Waals surface area contributed by atoms with Crippen molar-refractivity contribution in [1.29, 1.82) is 0 Å². The Hall–Kier alpha value is -2.37. The summed E-state index contributed by atoms with van der Waals surface area (Å²) in [7, 11) is 1.46. The smallest absolute Gasteiger partial charge is 0.416 e. The average Bonchev–Trinajstić information content (AvgIpc) is 2.93. The maximum absolute atomic E-state index is 13.1. The van der Waals surface area contributed by atoms with Crippen LogP contribution in [-0.2, 0) is 12.7 Å². The summed E-state index contributed by atoms with van der Waals surface area (Å²) in [5, 5.41) is 0. The maximum Gasteiger partial charge on any atom is 0.416 e. The van der Waals surface area contributed by atoms with E-state index in [0.29, 0.717) is 28.0 Å². The second-order valence-electron chi connectivity index (χ2n) is 4.64. The van der Waals surface area contributed by atoms with Crippen LogP contribution in [0.2, 0.25) is 0 Å². The third-order valence-corrected chi connectivity index (χ3v) is 3.37. The third kappa shape index (κ3) is 2.37. The van der Waals surface area contributed by atoms with Crippen LogP contribution in [0.15, 0.2) is 35.6 Å². The molecule has 1 aliphatic heterocycles. The molecule has 0 saturated heterocycles. The Morgan fingerprint density at radius 3 is 2.71 bits per heavy atom. The number of rotatable bonds is 2. The van der Waals surface area contributed by atoms with E-state index in [0.717, 1.165) is 12.1 Å². The van der Waals surface area contributed by atoms with Crippen LogP contribution < -0.4 is 4.74 Å². The van der Waals surface area contributed by atoms with Crippen molar-refractivity contribution in [2.24, 2.45) is 4.99 Å². The first-order valence-electron chi connectivity index (χ1n) is 6.23. The number of hydrogen-bond donors (Lipinski definition) is 0. The molecular weight excluding hydrogens is 281 g/mol. The van der Waals surface area contributed by atoms with Gasteiger partial charge >= 0.3 is 6.18 Å². The molecule has 0 fully saturated rings. The largest absolute Gasteiger partial charge is 0.494 e. The van der Waals surface area contributed by atoms with Gasteiger partial charge in [0.05, 0.1) is 25.4 Å². The molecule has 0 N–H and O–H groups in total. The lowest BCUT2D eigenvalue weighted by molar-refractivity contribution is -0.137. The SMILES string of the molecule is COc1cnccc1-c1cc(C(F)(F)F)cc2c1C=NC2. The van der Waals surface area contributed by atoms with Crippen molar-refractivity contribution in [2.75, 3.05) is 7.11 Å². The number of aromatic nitrogens is 1. The van der Waals surface area contributed by atoms with E-state index < -0.39 is 11.7 Å². The van der Waals surface area contributed by atoms with Gasteiger partial charge in [-0.3, -0.25) is 9.98 Å². The van der Waals surface area contributed by atoms with E-state index in [2.05, 4.69) is 9.98 Å². The molecule has 0 saturated carbocycles. The first-order valence-corrected chi connectivity index (χ1v) is 6.23. The zero-order valence-corrected chi connectivity index (χ0v) is 11.1. The Morgan fingerprint density at radius 1 is 1.19 bits per heavy atom. The minimum atomic E-state index is -4.40. The van der Waals surface area contributed by atoms with Gasteiger partial charge in [0.15, 0.2) is 0 Å². The van der Waals surface area contributed by atoms with Crippen LogP contribution in [0.3, 0.4) is 0 Å². The number of fused-ring (bicyclic) bond motifs is 1. The van der Waals surface area contributed by atoms with Gasteiger partial charge in [0.2, 0.25) is 0 Å². The average molecular weight is 292 g/mol. The summed E-state index contributed by atoms with van der Waals surface area (Å²) in [6, 6.07) is 3.92. The molecule has 1 aromatic carbocycles. The topological polar surface area (TPSA) is 34.5 Å². The summed E-state index contributed by atoms with van der Waals surface area (Å²) in [6.07, 6.45) is 0.210. The van der Waals surface area contributed by atoms with Crippen molar-refractivity contribution in [3.63, 3.8) is 0 Å². The fourth-order valence-corrected chi connectivity index (χ4v) is 2.38. The van der Waals surface area contributed by atoms with Crippen molar-refractivity contribution in [1.82, 2.24) is 4.98 Å². The molecule has 21 heavy (non-hydrogen) atoms. The Kier molecular flexibility index (Phi) is 3.16. The molecule has 6 heteroatoms. The van der Waals surface area contributed by atoms with E-state index in [1.54, 1.807) is 12.3 Å². The number of ether oxygens (including phenoxy) is 1. The normalized spacial score (nSPS) is 13.3. The highest BCUT2D eigenvalue weighted by Gasteiger charge is 2.33. The fourth-order valence-electron chi connectivity index (χ4n) is 2.38. The molecule has 0 aliphatic carbocycles. The van der Waals surface area contributed by atoms with Crippen LogP contribution >= 0.6 is 0 Å². The van der Waals surface area contributed by atoms with E-state index in [1.807, 2.05) is 0 Å². The number of aliphatic imine (C=N–C) groups is 1. The molecule has 3 rings (SSSR count). The molecule has 0 bridgehead atoms. The molecule has 1 aromatic heterocycles. The van der Waals surface area contributed by atoms with E-state index in [4.69, 9.17) is 4.74 Å². The first kappa shape index (κ1) is 13.6. The summed E-state index contributed by atoms with van der Waals surface area (Å²) in [5.74, 6) is 0.430. The number of nitrogens with zero attached hydrogens (tertiary/aromatic N) is 2. The van der Waals surface area contributed by atoms with Crippen molar-refractivity contribution < 1.29 is 17.9 Å². The summed E-state index contributed by atoms with van der Waals surface area (Å²) >= 11 is 0. The fraction of sp³-hybridized carbons (Fsp3) is 0.200. The minimum Gasteiger partial charge on any atom is -0.494 e. The molecule has 0 unspecified atom stereocenters. The van der Waals surface area contributed by atoms with Crippen LogP contribution in [0.25, 0.3) is 11.1 Å². The summed E-state index contributed by atoms with van der Waals surface area (Å²) < 4.78 is 44.3. The van der Waals surface area contributed by atoms with Crippen LogP contribution in [0, 0.1) is 0 Å². The molecule has 1 aliphatic rings. The second-order valence-corrected chi connectivity index (χ2v) is 4.64. The third-order valence-electron chi connectivity index (χ3n) is 3.37. The van der Waals surface area contributed by atoms with E-state index in [-0.39, 0.29) is 6.54 Å². The number of halogens is 3. The van der Waals surface area contributed by atoms with Gasteiger partial charge in [-0.15, -0.1) is 0 Å². The summed E-state index contributed by atoms with van der Waals surface area (Å²) in [6.45, 7) is 0.264. The molecule has 0 radical (unpaired) electrons. The van der Waals surface area contributed by atoms with Gasteiger partial charge in [0.25, 0.3) is 0 Å². The predicted molar refractivity (Wildman–Crippen MR) is 72.5 cm³/mol. The van der Waals surface area contributed by atoms with E-state index >= 15 is 0 Å². The highest BCUT2D eigenvalue weighted by Crippen LogP contribution is 2.39. The standard InChI is InChI=1S/C15H11F3N2O/c1-21-14-8-19-3-2-11(14)12-5-10(15(16,17)18)4-9-6-20-7-13(9)12/h2-5,7-8H,6H2,1H3. The zero-order chi connectivity index (χ0) is 15.0. The summed E-state index contributed by atoms with van der Waals surface area (Å²) in [4.78, 5) is 7.99. The van der Waals surface area contributed by atoms with Crippen LogP contribution in [-0.4, -0.2) is 18.3 Å². The number of pyridine rings is 1. The van der Waals surface area contributed by atoms with Crippen molar-refractivity contribution in [2.45, 2.75) is 12.7 Å². The Labute approximate surface area is 119 Å². The van der Waals surface area contributed by atoms with E-state index in [9.17, 15) is 13.2 Å². The Morgan fingerprint density at radius 2 is 2.00 bits per heavy atom. The molecular formula is C15H11F3N2O. The molecule has 0 spiro atoms. The maximum atomic E-state index is 13.1. The van der Waals surface area contributed by atoms with Crippen molar-refractivity contribution >= 4 is 6.21 Å². The van der Waals surface area contributed by atoms with Gasteiger partial charge in [0.1, 0.15) is 5.75 Å². The van der Waals surface area contributed by atoms with Crippen LogP contribution in [0.4, 0.5) is 13.2 Å². The Balaban J connectivity index is 2.26. The predicted octanol–water partition coefficient (Wildman–Crippen LogP) is 3.71. The number of benzene rings is 1. The number of alkyl halides is 3. The molecule has 0 atom stereocenters. The number of methoxy groups -OCH3 is 1. The van der Waals surface area contributed by atoms with Crippen molar-refractivity contribution in [3.8, 4) is 16.9 Å². The van der Waals surface area contributed by atoms with Gasteiger partial charge in [-0.25, -0.2) is 0 Å². The van der Waals surface area contributed by atoms with Gasteiger partial charge in [-0.2, -0.15) is 13.2 Å². The molecule has 2 aromatic rings. The lowest BCUT2D eigenvalue weighted by Crippen LogP contribution is -2.07. The molecule has 2 heterocycles. The van der Waals surface area contributed by atoms with E-state index in [1.165, 1.54) is 19.5 Å². The van der Waals surface area contributed by atoms with Gasteiger partial charge in [0, 0.05) is 23.5 Å². The van der Waals surface area contributed by atoms with Gasteiger partial charge < -0.3 is 4.74 Å². The highest BCUT2D eigenvalue weighted by molar-refractivity contribution is 5.95. The first-order chi connectivity index (χ1) is 10.0. The van der Waals surface area contributed by atoms with Crippen LogP contribution in [0.1, 0.15) is 16.7 Å². The summed E-state index contributed by atoms with van der Waals surface area (Å²) in [5.41, 5.74) is 1.62. The minimum absolute atomic E-state index is 0.264. The molecule has 108 valence electrons. The Bertz CT molecular complexity index is 723. The monoisotopic (exact) mass is 292 g/mol. The van der Waals surface area contributed by atoms with Gasteiger partial charge in [-0.05, 0) is 29.3 Å². The van der Waals surface area contributed by atoms with Gasteiger partial charge in [-0.1, -0.05) is 0 Å². The molecule has 3 nitrogen and oxygen atoms in total. The zero-order valence-electron chi connectivity index (χ0n) is 11.1. The van der Waals surface area contributed by atoms with Crippen LogP contribution in [0.5, 0.6) is 5.75 Å².